The molecule has 0 fully saturated rings. The lowest BCUT2D eigenvalue weighted by molar-refractivity contribution is 0.667. The number of allylic oxidation sites excluding steroid dienone is 1. The van der Waals surface area contributed by atoms with Gasteiger partial charge in [0, 0.05) is 11.3 Å². The molecule has 54 heavy (non-hydrogen) atoms. The molecule has 1 unspecified atom stereocenters. The number of fused-ring (bicyclic) bond motifs is 8. The molecule has 0 saturated heterocycles. The molecular formula is C52H38N2. The van der Waals surface area contributed by atoms with Crippen molar-refractivity contribution in [1.82, 2.24) is 5.32 Å². The van der Waals surface area contributed by atoms with Gasteiger partial charge in [-0.2, -0.15) is 0 Å². The molecule has 0 radical (unpaired) electrons. The van der Waals surface area contributed by atoms with Crippen molar-refractivity contribution in [3.05, 3.63) is 211 Å². The van der Waals surface area contributed by atoms with Crippen molar-refractivity contribution in [3.8, 4) is 11.1 Å². The Morgan fingerprint density at radius 3 is 1.59 bits per heavy atom. The molecule has 0 saturated carbocycles. The van der Waals surface area contributed by atoms with Crippen LogP contribution in [0.3, 0.4) is 0 Å². The van der Waals surface area contributed by atoms with E-state index >= 15 is 0 Å². The Bertz CT molecular complexity index is 3050. The summed E-state index contributed by atoms with van der Waals surface area (Å²) >= 11 is 0. The van der Waals surface area contributed by atoms with E-state index in [-0.39, 0.29) is 0 Å². The van der Waals surface area contributed by atoms with Crippen LogP contribution in [-0.2, 0) is 6.42 Å². The number of hydrogen-bond donors (Lipinski definition) is 2. The monoisotopic (exact) mass is 690 g/mol. The molecule has 2 nitrogen and oxygen atoms in total. The molecule has 0 heterocycles. The Hall–Kier alpha value is -6.74. The lowest BCUT2D eigenvalue weighted by Gasteiger charge is -2.23. The number of hydrogen-bond acceptors (Lipinski definition) is 2. The smallest absolute Gasteiger partial charge is 0.101 e. The van der Waals surface area contributed by atoms with Crippen molar-refractivity contribution in [2.75, 3.05) is 0 Å². The predicted octanol–water partition coefficient (Wildman–Crippen LogP) is 13.1. The molecule has 0 aliphatic heterocycles. The Balaban J connectivity index is 1.18. The van der Waals surface area contributed by atoms with Crippen LogP contribution >= 0.6 is 0 Å². The van der Waals surface area contributed by atoms with E-state index in [4.69, 9.17) is 5.73 Å². The molecule has 2 heteroatoms. The van der Waals surface area contributed by atoms with Gasteiger partial charge in [-0.15, -0.1) is 0 Å². The van der Waals surface area contributed by atoms with Crippen molar-refractivity contribution in [2.24, 2.45) is 5.73 Å². The van der Waals surface area contributed by atoms with Crippen molar-refractivity contribution in [2.45, 2.75) is 12.6 Å². The summed E-state index contributed by atoms with van der Waals surface area (Å²) in [5.41, 5.74) is 14.0. The van der Waals surface area contributed by atoms with Crippen LogP contribution in [-0.4, -0.2) is 0 Å². The van der Waals surface area contributed by atoms with Gasteiger partial charge in [-0.05, 0) is 105 Å². The van der Waals surface area contributed by atoms with Crippen LogP contribution in [0.1, 0.15) is 22.9 Å². The quantitative estimate of drug-likeness (QED) is 0.0992. The minimum Gasteiger partial charge on any atom is -0.366 e. The highest BCUT2D eigenvalue weighted by molar-refractivity contribution is 6.18. The van der Waals surface area contributed by atoms with Crippen molar-refractivity contribution in [3.63, 3.8) is 0 Å². The molecule has 0 aromatic heterocycles. The summed E-state index contributed by atoms with van der Waals surface area (Å²) in [6, 6.07) is 67.9. The molecule has 1 atom stereocenters. The molecule has 0 amide bonds. The Labute approximate surface area is 314 Å². The van der Waals surface area contributed by atoms with E-state index in [1.54, 1.807) is 0 Å². The van der Waals surface area contributed by atoms with Crippen LogP contribution in [0.25, 0.3) is 81.5 Å². The zero-order valence-corrected chi connectivity index (χ0v) is 29.8. The number of rotatable bonds is 7. The predicted molar refractivity (Wildman–Crippen MR) is 232 cm³/mol. The second-order valence-electron chi connectivity index (χ2n) is 14.2. The van der Waals surface area contributed by atoms with Gasteiger partial charge in [0.15, 0.2) is 0 Å². The second kappa shape index (κ2) is 13.3. The number of nitrogens with one attached hydrogen (secondary N) is 1. The highest BCUT2D eigenvalue weighted by Crippen LogP contribution is 2.39. The molecule has 0 aliphatic rings. The van der Waals surface area contributed by atoms with E-state index in [2.05, 4.69) is 199 Å². The van der Waals surface area contributed by atoms with Gasteiger partial charge in [0.25, 0.3) is 0 Å². The van der Waals surface area contributed by atoms with Crippen LogP contribution < -0.4 is 11.1 Å². The zero-order chi connectivity index (χ0) is 36.0. The summed E-state index contributed by atoms with van der Waals surface area (Å²) in [5, 5.41) is 18.8. The zero-order valence-electron chi connectivity index (χ0n) is 29.8. The molecule has 0 spiro atoms. The van der Waals surface area contributed by atoms with Crippen LogP contribution in [0.2, 0.25) is 0 Å². The van der Waals surface area contributed by atoms with Crippen LogP contribution in [0.4, 0.5) is 0 Å². The maximum Gasteiger partial charge on any atom is 0.101 e. The third-order valence-electron chi connectivity index (χ3n) is 11.1. The minimum atomic E-state index is -0.441. The first-order chi connectivity index (χ1) is 26.7. The lowest BCUT2D eigenvalue weighted by Crippen LogP contribution is -2.27. The van der Waals surface area contributed by atoms with Crippen LogP contribution in [0.5, 0.6) is 0 Å². The maximum atomic E-state index is 7.16. The second-order valence-corrected chi connectivity index (χ2v) is 14.2. The summed E-state index contributed by atoms with van der Waals surface area (Å²) in [5.74, 6) is 0. The van der Waals surface area contributed by atoms with Gasteiger partial charge in [0.2, 0.25) is 0 Å². The van der Waals surface area contributed by atoms with Crippen molar-refractivity contribution >= 4 is 70.3 Å². The first kappa shape index (κ1) is 32.0. The van der Waals surface area contributed by atoms with Gasteiger partial charge >= 0.3 is 0 Å². The van der Waals surface area contributed by atoms with Gasteiger partial charge < -0.3 is 11.1 Å². The van der Waals surface area contributed by atoms with E-state index in [0.717, 1.165) is 17.7 Å². The van der Waals surface area contributed by atoms with Crippen LogP contribution in [0, 0.1) is 0 Å². The van der Waals surface area contributed by atoms with E-state index < -0.39 is 6.17 Å². The summed E-state index contributed by atoms with van der Waals surface area (Å²) in [4.78, 5) is 0. The van der Waals surface area contributed by atoms with Crippen molar-refractivity contribution < 1.29 is 0 Å². The Kier molecular flexibility index (Phi) is 7.90. The van der Waals surface area contributed by atoms with E-state index in [9.17, 15) is 0 Å². The van der Waals surface area contributed by atoms with Gasteiger partial charge in [0.05, 0.1) is 0 Å². The molecule has 10 aromatic rings. The number of benzene rings is 10. The van der Waals surface area contributed by atoms with Crippen molar-refractivity contribution in [1.29, 1.82) is 0 Å². The average molecular weight is 691 g/mol. The lowest BCUT2D eigenvalue weighted by atomic mass is 9.89. The number of nitrogens with two attached hydrogens (primary N) is 1. The van der Waals surface area contributed by atoms with E-state index in [1.807, 2.05) is 0 Å². The summed E-state index contributed by atoms with van der Waals surface area (Å²) < 4.78 is 0. The fourth-order valence-corrected chi connectivity index (χ4v) is 8.44. The van der Waals surface area contributed by atoms with Gasteiger partial charge in [0.1, 0.15) is 6.17 Å². The van der Waals surface area contributed by atoms with E-state index in [1.165, 1.54) is 86.9 Å². The Morgan fingerprint density at radius 1 is 0.426 bits per heavy atom. The highest BCUT2D eigenvalue weighted by atomic mass is 15.0. The fraction of sp³-hybridized carbons (Fsp3) is 0.0385. The topological polar surface area (TPSA) is 38.0 Å². The molecule has 10 rings (SSSR count). The largest absolute Gasteiger partial charge is 0.366 e. The maximum absolute atomic E-state index is 7.16. The summed E-state index contributed by atoms with van der Waals surface area (Å²) in [6.07, 6.45) is 2.66. The third-order valence-corrected chi connectivity index (χ3v) is 11.1. The third kappa shape index (κ3) is 5.56. The van der Waals surface area contributed by atoms with E-state index in [0.29, 0.717) is 0 Å². The minimum absolute atomic E-state index is 0.441. The van der Waals surface area contributed by atoms with Gasteiger partial charge in [-0.3, -0.25) is 0 Å². The van der Waals surface area contributed by atoms with Gasteiger partial charge in [-0.1, -0.05) is 182 Å². The normalized spacial score (nSPS) is 12.6. The molecule has 10 aromatic carbocycles. The molecule has 3 N–H and O–H groups in total. The molecule has 0 bridgehead atoms. The first-order valence-electron chi connectivity index (χ1n) is 18.7. The van der Waals surface area contributed by atoms with Gasteiger partial charge in [-0.25, -0.2) is 0 Å². The van der Waals surface area contributed by atoms with Crippen LogP contribution in [0.15, 0.2) is 194 Å². The molecule has 0 aliphatic carbocycles. The Morgan fingerprint density at radius 2 is 0.926 bits per heavy atom. The SMILES string of the molecule is NC(N/C(=C\Cc1c2ccccc2cc2c1ccc1ccccc12)c1c2ccccc2cc2c1ccc1ccccc12)c1ccc(-c2ccccc2)cc1. The molecular weight excluding hydrogens is 653 g/mol. The summed E-state index contributed by atoms with van der Waals surface area (Å²) in [7, 11) is 0. The standard InChI is InChI=1S/C52H38N2/c53-52(38-24-22-35(23-25-38)34-12-2-1-3-13-34)54-50(51-44-21-11-7-17-40(44)33-49-42-19-9-5-15-37(42)27-29-47(49)51)31-30-45-43-20-10-6-16-39(43)32-48-41-18-8-4-14-36(41)26-28-46(45)48/h1-29,31-33,52,54H,30,53H2/b50-31-. The summed E-state index contributed by atoms with van der Waals surface area (Å²) in [6.45, 7) is 0. The fourth-order valence-electron chi connectivity index (χ4n) is 8.44. The first-order valence-corrected chi connectivity index (χ1v) is 18.7. The highest BCUT2D eigenvalue weighted by Gasteiger charge is 2.18. The molecule has 256 valence electrons. The average Bonchev–Trinajstić information content (AvgIpc) is 3.24.